The molecule has 2 aromatic carbocycles. The van der Waals surface area contributed by atoms with Crippen LogP contribution in [-0.4, -0.2) is 79.6 Å². The first-order valence-electron chi connectivity index (χ1n) is 13.4. The summed E-state index contributed by atoms with van der Waals surface area (Å²) < 4.78 is 5.09. The maximum Gasteiger partial charge on any atom is 0.305 e. The number of esters is 1. The number of ether oxygens (including phenoxy) is 1. The van der Waals surface area contributed by atoms with Crippen molar-refractivity contribution in [1.29, 1.82) is 0 Å². The minimum atomic E-state index is -1.66. The first-order chi connectivity index (χ1) is 19.4. The third-order valence-corrected chi connectivity index (χ3v) is 11.2. The van der Waals surface area contributed by atoms with E-state index in [9.17, 15) is 24.7 Å². The van der Waals surface area contributed by atoms with Crippen molar-refractivity contribution in [2.24, 2.45) is 11.1 Å². The van der Waals surface area contributed by atoms with Gasteiger partial charge in [0.15, 0.2) is 0 Å². The quantitative estimate of drug-likeness (QED) is 0.201. The second kappa shape index (κ2) is 11.8. The summed E-state index contributed by atoms with van der Waals surface area (Å²) >= 11 is 3.07. The number of carbonyl (C=O) groups is 3. The topological polar surface area (TPSA) is 137 Å². The number of hydrogen-bond acceptors (Lipinski definition) is 9. The Balaban J connectivity index is 1.50. The van der Waals surface area contributed by atoms with E-state index >= 15 is 0 Å². The van der Waals surface area contributed by atoms with Gasteiger partial charge in [-0.25, -0.2) is 0 Å². The molecule has 5 rings (SSSR count). The standard InChI is InChI=1S/C29H33N3O6S2/c1-2-38-22(33)15-9-14-20-23-24(32-37)28(17-40-23,31-27(35)19-12-7-4-8-13-19)29(36)21(16-39-25(20)29)30-26(34)18-10-5-3-6-11-18/h3-8,10-13,20-21,23,25,36-37H,2,9,14-17H2,1H3,(H,30,34)(H,31,35)/b32-24-/t20-,21-,23+,25+,28-,29+/m0/s1. The Morgan fingerprint density at radius 1 is 1.02 bits per heavy atom. The lowest BCUT2D eigenvalue weighted by Gasteiger charge is -2.53. The molecule has 1 saturated carbocycles. The summed E-state index contributed by atoms with van der Waals surface area (Å²) in [5.41, 5.74) is -1.91. The molecule has 2 amide bonds. The van der Waals surface area contributed by atoms with E-state index in [-0.39, 0.29) is 35.2 Å². The van der Waals surface area contributed by atoms with Gasteiger partial charge in [-0.3, -0.25) is 14.4 Å². The monoisotopic (exact) mass is 583 g/mol. The first-order valence-corrected chi connectivity index (χ1v) is 15.5. The van der Waals surface area contributed by atoms with Gasteiger partial charge in [-0.05, 0) is 49.9 Å². The van der Waals surface area contributed by atoms with E-state index in [4.69, 9.17) is 4.74 Å². The van der Waals surface area contributed by atoms with Crippen molar-refractivity contribution in [2.45, 2.75) is 53.9 Å². The number of hydrogen-bond donors (Lipinski definition) is 4. The Bertz CT molecular complexity index is 1280. The fourth-order valence-electron chi connectivity index (χ4n) is 6.26. The molecule has 2 saturated heterocycles. The van der Waals surface area contributed by atoms with Gasteiger partial charge in [0, 0.05) is 34.3 Å². The molecule has 0 spiro atoms. The predicted molar refractivity (Wildman–Crippen MR) is 155 cm³/mol. The van der Waals surface area contributed by atoms with Gasteiger partial charge in [0.2, 0.25) is 0 Å². The average Bonchev–Trinajstić information content (AvgIpc) is 3.48. The number of nitrogens with one attached hydrogen (secondary N) is 2. The Morgan fingerprint density at radius 3 is 2.30 bits per heavy atom. The van der Waals surface area contributed by atoms with Gasteiger partial charge in [-0.15, -0.1) is 11.8 Å². The SMILES string of the molecule is CCOC(=O)CCC[C@@H]1[C@H]2SC[C@H](NC(=O)c3ccccc3)[C@]2(O)[C@]2(NC(=O)c3ccccc3)CS[C@H]1/C2=N/O. The third-order valence-electron chi connectivity index (χ3n) is 8.09. The largest absolute Gasteiger partial charge is 0.466 e. The minimum Gasteiger partial charge on any atom is -0.466 e. The van der Waals surface area contributed by atoms with E-state index < -0.39 is 28.3 Å². The number of amides is 2. The van der Waals surface area contributed by atoms with Crippen LogP contribution < -0.4 is 10.6 Å². The van der Waals surface area contributed by atoms with E-state index in [1.807, 2.05) is 12.1 Å². The fraction of sp³-hybridized carbons (Fsp3) is 0.448. The van der Waals surface area contributed by atoms with E-state index in [1.54, 1.807) is 67.2 Å². The van der Waals surface area contributed by atoms with Gasteiger partial charge in [0.1, 0.15) is 11.1 Å². The van der Waals surface area contributed by atoms with Gasteiger partial charge in [0.25, 0.3) is 11.8 Å². The number of thioether (sulfide) groups is 2. The van der Waals surface area contributed by atoms with E-state index in [0.29, 0.717) is 42.0 Å². The molecule has 2 heterocycles. The molecule has 212 valence electrons. The Kier molecular flexibility index (Phi) is 8.44. The minimum absolute atomic E-state index is 0.164. The molecule has 11 heteroatoms. The first kappa shape index (κ1) is 28.5. The van der Waals surface area contributed by atoms with E-state index in [1.165, 1.54) is 11.8 Å². The molecule has 40 heavy (non-hydrogen) atoms. The molecule has 2 bridgehead atoms. The molecular weight excluding hydrogens is 550 g/mol. The van der Waals surface area contributed by atoms with Crippen molar-refractivity contribution in [3.05, 3.63) is 71.8 Å². The van der Waals surface area contributed by atoms with Crippen molar-refractivity contribution in [3.63, 3.8) is 0 Å². The molecule has 2 aromatic rings. The second-order valence-corrected chi connectivity index (χ2v) is 12.6. The summed E-state index contributed by atoms with van der Waals surface area (Å²) in [5, 5.41) is 32.3. The number of fused-ring (bicyclic) bond motifs is 4. The van der Waals surface area contributed by atoms with Gasteiger partial charge >= 0.3 is 5.97 Å². The van der Waals surface area contributed by atoms with Crippen LogP contribution in [0.15, 0.2) is 65.8 Å². The highest BCUT2D eigenvalue weighted by Gasteiger charge is 2.75. The fourth-order valence-corrected chi connectivity index (χ4v) is 10.1. The zero-order chi connectivity index (χ0) is 28.3. The van der Waals surface area contributed by atoms with Crippen LogP contribution in [0.1, 0.15) is 46.9 Å². The van der Waals surface area contributed by atoms with Crippen LogP contribution in [0.3, 0.4) is 0 Å². The van der Waals surface area contributed by atoms with Crippen LogP contribution in [0.25, 0.3) is 0 Å². The lowest BCUT2D eigenvalue weighted by atomic mass is 9.61. The smallest absolute Gasteiger partial charge is 0.305 e. The van der Waals surface area contributed by atoms with Crippen molar-refractivity contribution in [1.82, 2.24) is 10.6 Å². The molecule has 9 nitrogen and oxygen atoms in total. The zero-order valence-electron chi connectivity index (χ0n) is 22.1. The summed E-state index contributed by atoms with van der Waals surface area (Å²) in [6, 6.07) is 16.7. The molecule has 2 aliphatic heterocycles. The van der Waals surface area contributed by atoms with Crippen molar-refractivity contribution in [3.8, 4) is 0 Å². The summed E-state index contributed by atoms with van der Waals surface area (Å²) in [7, 11) is 0. The molecule has 3 aliphatic rings. The van der Waals surface area contributed by atoms with Crippen LogP contribution in [0, 0.1) is 5.92 Å². The highest BCUT2D eigenvalue weighted by Crippen LogP contribution is 2.59. The van der Waals surface area contributed by atoms with Gasteiger partial charge < -0.3 is 25.7 Å². The van der Waals surface area contributed by atoms with E-state index in [0.717, 1.165) is 0 Å². The van der Waals surface area contributed by atoms with Crippen LogP contribution in [-0.2, 0) is 9.53 Å². The van der Waals surface area contributed by atoms with Gasteiger partial charge in [0.05, 0.1) is 23.6 Å². The predicted octanol–water partition coefficient (Wildman–Crippen LogP) is 3.11. The van der Waals surface area contributed by atoms with Crippen LogP contribution in [0.4, 0.5) is 0 Å². The maximum absolute atomic E-state index is 13.5. The van der Waals surface area contributed by atoms with Crippen molar-refractivity contribution in [2.75, 3.05) is 18.1 Å². The zero-order valence-corrected chi connectivity index (χ0v) is 23.7. The molecule has 0 radical (unpaired) electrons. The van der Waals surface area contributed by atoms with Gasteiger partial charge in [-0.2, -0.15) is 11.8 Å². The molecule has 6 atom stereocenters. The number of benzene rings is 2. The molecular formula is C29H33N3O6S2. The summed E-state index contributed by atoms with van der Waals surface area (Å²) in [5.74, 6) is -0.494. The van der Waals surface area contributed by atoms with Crippen LogP contribution >= 0.6 is 23.5 Å². The molecule has 0 aromatic heterocycles. The second-order valence-electron chi connectivity index (χ2n) is 10.3. The van der Waals surface area contributed by atoms with Crippen molar-refractivity contribution >= 4 is 47.0 Å². The summed E-state index contributed by atoms with van der Waals surface area (Å²) in [4.78, 5) is 38.8. The molecule has 1 aliphatic carbocycles. The molecule has 0 unspecified atom stereocenters. The van der Waals surface area contributed by atoms with Crippen molar-refractivity contribution < 1.29 is 29.4 Å². The highest BCUT2D eigenvalue weighted by molar-refractivity contribution is 8.02. The number of aliphatic hydroxyl groups is 1. The van der Waals surface area contributed by atoms with Crippen LogP contribution in [0.2, 0.25) is 0 Å². The Hall–Kier alpha value is -3.02. The third kappa shape index (κ3) is 4.88. The number of rotatable bonds is 9. The van der Waals surface area contributed by atoms with E-state index in [2.05, 4.69) is 15.8 Å². The number of carbonyl (C=O) groups excluding carboxylic acids is 3. The number of oxime groups is 1. The Morgan fingerprint density at radius 2 is 1.68 bits per heavy atom. The lowest BCUT2D eigenvalue weighted by molar-refractivity contribution is -0.143. The summed E-state index contributed by atoms with van der Waals surface area (Å²) in [6.45, 7) is 2.08. The molecule has 4 N–H and O–H groups in total. The maximum atomic E-state index is 13.5. The Labute approximate surface area is 241 Å². The lowest BCUT2D eigenvalue weighted by Crippen LogP contribution is -2.80. The van der Waals surface area contributed by atoms with Crippen LogP contribution in [0.5, 0.6) is 0 Å². The normalized spacial score (nSPS) is 31.4. The number of nitrogens with zero attached hydrogens (tertiary/aromatic N) is 1. The highest BCUT2D eigenvalue weighted by atomic mass is 32.2. The van der Waals surface area contributed by atoms with Gasteiger partial charge in [-0.1, -0.05) is 41.6 Å². The average molecular weight is 584 g/mol. The summed E-state index contributed by atoms with van der Waals surface area (Å²) in [6.07, 6.45) is 1.36. The molecule has 3 fully saturated rings.